The summed E-state index contributed by atoms with van der Waals surface area (Å²) in [6.07, 6.45) is 0. The number of carbonyl (C=O) groups excluding carboxylic acids is 2. The predicted octanol–water partition coefficient (Wildman–Crippen LogP) is 4.25. The van der Waals surface area contributed by atoms with Crippen LogP contribution in [0.15, 0.2) is 54.6 Å². The molecule has 3 aromatic carbocycles. The first-order chi connectivity index (χ1) is 16.0. The summed E-state index contributed by atoms with van der Waals surface area (Å²) in [5, 5.41) is 5.12. The summed E-state index contributed by atoms with van der Waals surface area (Å²) in [4.78, 5) is 29.9. The van der Waals surface area contributed by atoms with Crippen molar-refractivity contribution < 1.29 is 14.3 Å². The quantitative estimate of drug-likeness (QED) is 0.616. The second-order valence-electron chi connectivity index (χ2n) is 8.51. The van der Waals surface area contributed by atoms with Crippen LogP contribution in [0.5, 0.6) is 5.75 Å². The van der Waals surface area contributed by atoms with E-state index in [1.165, 1.54) is 0 Å². The molecule has 0 aliphatic carbocycles. The molecule has 2 amide bonds. The number of amides is 2. The molecule has 1 N–H and O–H groups in total. The molecule has 6 heteroatoms. The summed E-state index contributed by atoms with van der Waals surface area (Å²) < 4.78 is 5.80. The molecule has 0 bridgehead atoms. The third-order valence-corrected chi connectivity index (χ3v) is 6.15. The highest BCUT2D eigenvalue weighted by atomic mass is 16.5. The molecule has 0 spiro atoms. The Kier molecular flexibility index (Phi) is 6.94. The van der Waals surface area contributed by atoms with Crippen LogP contribution in [0.2, 0.25) is 0 Å². The second kappa shape index (κ2) is 10.0. The van der Waals surface area contributed by atoms with Gasteiger partial charge in [-0.15, -0.1) is 0 Å². The van der Waals surface area contributed by atoms with Gasteiger partial charge in [-0.25, -0.2) is 0 Å². The highest BCUT2D eigenvalue weighted by Gasteiger charge is 2.26. The van der Waals surface area contributed by atoms with E-state index in [0.29, 0.717) is 50.6 Å². The Morgan fingerprint density at radius 1 is 0.909 bits per heavy atom. The van der Waals surface area contributed by atoms with Crippen LogP contribution in [0.4, 0.5) is 5.69 Å². The zero-order valence-electron chi connectivity index (χ0n) is 19.6. The van der Waals surface area contributed by atoms with E-state index in [4.69, 9.17) is 4.74 Å². The van der Waals surface area contributed by atoms with Gasteiger partial charge in [0.05, 0.1) is 18.7 Å². The van der Waals surface area contributed by atoms with Crippen LogP contribution in [0, 0.1) is 13.8 Å². The van der Waals surface area contributed by atoms with Crippen LogP contribution in [0.3, 0.4) is 0 Å². The van der Waals surface area contributed by atoms with Gasteiger partial charge in [0.2, 0.25) is 5.91 Å². The van der Waals surface area contributed by atoms with Crippen LogP contribution in [-0.2, 0) is 4.79 Å². The van der Waals surface area contributed by atoms with Gasteiger partial charge in [0, 0.05) is 31.9 Å². The number of rotatable bonds is 6. The molecule has 0 atom stereocenters. The van der Waals surface area contributed by atoms with E-state index in [-0.39, 0.29) is 11.8 Å². The lowest BCUT2D eigenvalue weighted by molar-refractivity contribution is -0.117. The SMILES string of the molecule is CCOc1cc2ccccc2cc1C(=O)N1CCN(CC(=O)Nc2c(C)cccc2C)CC1. The molecular formula is C27H31N3O3. The van der Waals surface area contributed by atoms with Gasteiger partial charge in [0.1, 0.15) is 5.75 Å². The summed E-state index contributed by atoms with van der Waals surface area (Å²) >= 11 is 0. The molecule has 172 valence electrons. The second-order valence-corrected chi connectivity index (χ2v) is 8.51. The number of hydrogen-bond acceptors (Lipinski definition) is 4. The molecule has 1 aliphatic rings. The average Bonchev–Trinajstić information content (AvgIpc) is 2.81. The molecule has 3 aromatic rings. The normalized spacial score (nSPS) is 14.3. The van der Waals surface area contributed by atoms with Crippen molar-refractivity contribution in [1.29, 1.82) is 0 Å². The van der Waals surface area contributed by atoms with Crippen LogP contribution in [0.1, 0.15) is 28.4 Å². The zero-order valence-corrected chi connectivity index (χ0v) is 19.6. The van der Waals surface area contributed by atoms with Crippen LogP contribution < -0.4 is 10.1 Å². The fourth-order valence-electron chi connectivity index (χ4n) is 4.33. The van der Waals surface area contributed by atoms with Gasteiger partial charge >= 0.3 is 0 Å². The van der Waals surface area contributed by atoms with Crippen molar-refractivity contribution in [1.82, 2.24) is 9.80 Å². The van der Waals surface area contributed by atoms with Gasteiger partial charge in [-0.05, 0) is 54.8 Å². The van der Waals surface area contributed by atoms with Crippen molar-refractivity contribution in [3.8, 4) is 5.75 Å². The molecule has 0 unspecified atom stereocenters. The smallest absolute Gasteiger partial charge is 0.257 e. The number of carbonyl (C=O) groups is 2. The Labute approximate surface area is 195 Å². The van der Waals surface area contributed by atoms with Crippen LogP contribution in [-0.4, -0.2) is 60.9 Å². The Hall–Kier alpha value is -3.38. The van der Waals surface area contributed by atoms with E-state index < -0.39 is 0 Å². The zero-order chi connectivity index (χ0) is 23.4. The van der Waals surface area contributed by atoms with E-state index in [1.54, 1.807) is 0 Å². The van der Waals surface area contributed by atoms with Crippen LogP contribution >= 0.6 is 0 Å². The monoisotopic (exact) mass is 445 g/mol. The third kappa shape index (κ3) is 5.17. The number of nitrogens with zero attached hydrogens (tertiary/aromatic N) is 2. The highest BCUT2D eigenvalue weighted by Crippen LogP contribution is 2.28. The van der Waals surface area contributed by atoms with Crippen LogP contribution in [0.25, 0.3) is 10.8 Å². The first-order valence-corrected chi connectivity index (χ1v) is 11.5. The summed E-state index contributed by atoms with van der Waals surface area (Å²) in [7, 11) is 0. The van der Waals surface area contributed by atoms with E-state index in [2.05, 4.69) is 10.2 Å². The topological polar surface area (TPSA) is 61.9 Å². The minimum Gasteiger partial charge on any atom is -0.493 e. The van der Waals surface area contributed by atoms with Crippen molar-refractivity contribution in [2.75, 3.05) is 44.6 Å². The third-order valence-electron chi connectivity index (χ3n) is 6.15. The van der Waals surface area contributed by atoms with Crippen molar-refractivity contribution in [3.05, 3.63) is 71.3 Å². The lowest BCUT2D eigenvalue weighted by Gasteiger charge is -2.34. The standard InChI is InChI=1S/C27H31N3O3/c1-4-33-24-17-22-11-6-5-10-21(22)16-23(24)27(32)30-14-12-29(13-15-30)18-25(31)28-26-19(2)8-7-9-20(26)3/h5-11,16-17H,4,12-15,18H2,1-3H3,(H,28,31). The Morgan fingerprint density at radius 3 is 2.18 bits per heavy atom. The summed E-state index contributed by atoms with van der Waals surface area (Å²) in [6.45, 7) is 9.20. The van der Waals surface area contributed by atoms with Crippen molar-refractivity contribution in [2.45, 2.75) is 20.8 Å². The van der Waals surface area contributed by atoms with E-state index in [1.807, 2.05) is 80.3 Å². The maximum absolute atomic E-state index is 13.3. The largest absolute Gasteiger partial charge is 0.493 e. The molecule has 0 radical (unpaired) electrons. The van der Waals surface area contributed by atoms with E-state index >= 15 is 0 Å². The van der Waals surface area contributed by atoms with Gasteiger partial charge in [-0.1, -0.05) is 42.5 Å². The molecule has 1 fully saturated rings. The predicted molar refractivity (Wildman–Crippen MR) is 132 cm³/mol. The first-order valence-electron chi connectivity index (χ1n) is 11.5. The summed E-state index contributed by atoms with van der Waals surface area (Å²) in [5.41, 5.74) is 3.59. The number of ether oxygens (including phenoxy) is 1. The molecular weight excluding hydrogens is 414 g/mol. The van der Waals surface area contributed by atoms with Gasteiger partial charge < -0.3 is 15.0 Å². The minimum absolute atomic E-state index is 0.0242. The number of piperazine rings is 1. The van der Waals surface area contributed by atoms with Gasteiger partial charge in [-0.2, -0.15) is 0 Å². The summed E-state index contributed by atoms with van der Waals surface area (Å²) in [5.74, 6) is 0.570. The number of benzene rings is 3. The number of anilines is 1. The number of aryl methyl sites for hydroxylation is 2. The van der Waals surface area contributed by atoms with E-state index in [9.17, 15) is 9.59 Å². The number of fused-ring (bicyclic) bond motifs is 1. The molecule has 0 saturated carbocycles. The summed E-state index contributed by atoms with van der Waals surface area (Å²) in [6, 6.07) is 17.8. The van der Waals surface area contributed by atoms with Crippen molar-refractivity contribution in [3.63, 3.8) is 0 Å². The molecule has 33 heavy (non-hydrogen) atoms. The van der Waals surface area contributed by atoms with Gasteiger partial charge in [0.25, 0.3) is 5.91 Å². The van der Waals surface area contributed by atoms with Crippen molar-refractivity contribution in [2.24, 2.45) is 0 Å². The molecule has 0 aromatic heterocycles. The maximum Gasteiger partial charge on any atom is 0.257 e. The Bertz CT molecular complexity index is 1150. The highest BCUT2D eigenvalue weighted by molar-refractivity contribution is 6.01. The number of nitrogens with one attached hydrogen (secondary N) is 1. The molecule has 6 nitrogen and oxygen atoms in total. The Morgan fingerprint density at radius 2 is 1.55 bits per heavy atom. The number of hydrogen-bond donors (Lipinski definition) is 1. The molecule has 1 heterocycles. The molecule has 1 aliphatic heterocycles. The van der Waals surface area contributed by atoms with Gasteiger partial charge in [0.15, 0.2) is 0 Å². The lowest BCUT2D eigenvalue weighted by atomic mass is 10.0. The van der Waals surface area contributed by atoms with E-state index in [0.717, 1.165) is 27.6 Å². The Balaban J connectivity index is 1.39. The molecule has 4 rings (SSSR count). The molecule has 1 saturated heterocycles. The van der Waals surface area contributed by atoms with Gasteiger partial charge in [-0.3, -0.25) is 14.5 Å². The fourth-order valence-corrected chi connectivity index (χ4v) is 4.33. The average molecular weight is 446 g/mol. The van der Waals surface area contributed by atoms with Crippen molar-refractivity contribution >= 4 is 28.3 Å². The first kappa shape index (κ1) is 22.8. The maximum atomic E-state index is 13.3. The number of para-hydroxylation sites is 1. The fraction of sp³-hybridized carbons (Fsp3) is 0.333. The minimum atomic E-state index is -0.0275. The lowest BCUT2D eigenvalue weighted by Crippen LogP contribution is -2.50.